The summed E-state index contributed by atoms with van der Waals surface area (Å²) < 4.78 is 0. The highest BCUT2D eigenvalue weighted by molar-refractivity contribution is 6.15. The van der Waals surface area contributed by atoms with Gasteiger partial charge in [-0.2, -0.15) is 0 Å². The van der Waals surface area contributed by atoms with Crippen LogP contribution in [0.2, 0.25) is 0 Å². The molecule has 6 aromatic rings. The zero-order valence-corrected chi connectivity index (χ0v) is 27.6. The Kier molecular flexibility index (Phi) is 9.27. The van der Waals surface area contributed by atoms with Gasteiger partial charge in [-0.1, -0.05) is 141 Å². The lowest BCUT2D eigenvalue weighted by Crippen LogP contribution is -1.95. The Balaban J connectivity index is 0.00000182. The minimum atomic E-state index is 0.960. The first kappa shape index (κ1) is 30.8. The molecule has 0 aliphatic heterocycles. The summed E-state index contributed by atoms with van der Waals surface area (Å²) >= 11 is 0. The Labute approximate surface area is 274 Å². The Morgan fingerprint density at radius 2 is 1.24 bits per heavy atom. The topological polar surface area (TPSA) is 0 Å². The maximum absolute atomic E-state index is 2.39. The summed E-state index contributed by atoms with van der Waals surface area (Å²) in [5.74, 6) is 0. The highest BCUT2D eigenvalue weighted by Gasteiger charge is 2.15. The normalized spacial score (nSPS) is 17.8. The third-order valence-electron chi connectivity index (χ3n) is 8.91. The van der Waals surface area contributed by atoms with Crippen molar-refractivity contribution in [3.8, 4) is 22.3 Å². The van der Waals surface area contributed by atoms with E-state index in [0.717, 1.165) is 6.42 Å². The second kappa shape index (κ2) is 13.8. The van der Waals surface area contributed by atoms with E-state index in [9.17, 15) is 0 Å². The summed E-state index contributed by atoms with van der Waals surface area (Å²) in [5, 5.41) is 7.63. The van der Waals surface area contributed by atoms with E-state index in [2.05, 4.69) is 172 Å². The molecule has 0 aromatic heterocycles. The van der Waals surface area contributed by atoms with Crippen molar-refractivity contribution >= 4 is 37.9 Å². The van der Waals surface area contributed by atoms with E-state index in [1.54, 1.807) is 0 Å². The average Bonchev–Trinajstić information content (AvgIpc) is 3.11. The second-order valence-electron chi connectivity index (χ2n) is 11.7. The van der Waals surface area contributed by atoms with Crippen LogP contribution in [0.4, 0.5) is 0 Å². The predicted molar refractivity (Wildman–Crippen MR) is 204 cm³/mol. The van der Waals surface area contributed by atoms with Crippen molar-refractivity contribution < 1.29 is 0 Å². The van der Waals surface area contributed by atoms with Gasteiger partial charge in [-0.3, -0.25) is 0 Å². The highest BCUT2D eigenvalue weighted by Crippen LogP contribution is 2.41. The summed E-state index contributed by atoms with van der Waals surface area (Å²) in [6.45, 7) is 10.5. The van der Waals surface area contributed by atoms with E-state index < -0.39 is 0 Å². The fraction of sp³-hybridized carbons (Fsp3) is 0.130. The van der Waals surface area contributed by atoms with Crippen LogP contribution in [0.15, 0.2) is 168 Å². The summed E-state index contributed by atoms with van der Waals surface area (Å²) in [4.78, 5) is 0. The van der Waals surface area contributed by atoms with Crippen molar-refractivity contribution in [1.29, 1.82) is 0 Å². The molecule has 0 heterocycles. The molecule has 0 unspecified atom stereocenters. The molecule has 7 rings (SSSR count). The molecule has 0 amide bonds. The molecule has 0 fully saturated rings. The van der Waals surface area contributed by atoms with Crippen LogP contribution in [0.5, 0.6) is 0 Å². The molecule has 0 saturated heterocycles. The van der Waals surface area contributed by atoms with Crippen molar-refractivity contribution in [2.24, 2.45) is 0 Å². The van der Waals surface area contributed by atoms with Crippen LogP contribution in [0.3, 0.4) is 0 Å². The SMILES string of the molecule is CC.C\C=C/C1=C(\C)C\C=C/C(=C\C)C(/c2ccc3c(-c4ccccc4)cc(-c4cc5ccccc5c5ccccc45)cc3c2)=C\1. The molecule has 0 nitrogen and oxygen atoms in total. The lowest BCUT2D eigenvalue weighted by molar-refractivity contribution is 1.18. The van der Waals surface area contributed by atoms with Gasteiger partial charge in [0.25, 0.3) is 0 Å². The predicted octanol–water partition coefficient (Wildman–Crippen LogP) is 13.7. The van der Waals surface area contributed by atoms with E-state index in [-0.39, 0.29) is 0 Å². The van der Waals surface area contributed by atoms with Crippen molar-refractivity contribution in [2.45, 2.75) is 41.0 Å². The number of fused-ring (bicyclic) bond motifs is 4. The fourth-order valence-electron chi connectivity index (χ4n) is 6.65. The lowest BCUT2D eigenvalue weighted by Gasteiger charge is -2.17. The van der Waals surface area contributed by atoms with Crippen LogP contribution < -0.4 is 0 Å². The standard InChI is InChI=1S/C44H36.C2H6/c1-4-14-33-27-42(31(5-2)19-13-15-30(33)3)35-23-24-39-36(25-35)26-37(29-43(39)32-16-7-6-8-17-32)44-28-34-18-9-10-20-38(34)40-21-11-12-22-41(40)44;1-2/h4-14,16-29H,15H2,1-3H3;1-2H3/b14-4-,19-13-,31-5+,33-30-,42-27+;. The van der Waals surface area contributed by atoms with E-state index >= 15 is 0 Å². The van der Waals surface area contributed by atoms with Crippen molar-refractivity contribution in [2.75, 3.05) is 0 Å². The molecular weight excluding hydrogens is 553 g/mol. The van der Waals surface area contributed by atoms with Crippen molar-refractivity contribution in [3.63, 3.8) is 0 Å². The van der Waals surface area contributed by atoms with Crippen LogP contribution >= 0.6 is 0 Å². The molecular formula is C46H42. The van der Waals surface area contributed by atoms with Gasteiger partial charge in [-0.05, 0) is 134 Å². The van der Waals surface area contributed by atoms with E-state index in [1.165, 1.54) is 82.4 Å². The van der Waals surface area contributed by atoms with Crippen LogP contribution in [-0.2, 0) is 0 Å². The molecule has 46 heavy (non-hydrogen) atoms. The highest BCUT2D eigenvalue weighted by atomic mass is 14.2. The molecule has 6 aromatic carbocycles. The number of hydrogen-bond acceptors (Lipinski definition) is 0. The van der Waals surface area contributed by atoms with Gasteiger partial charge in [0.2, 0.25) is 0 Å². The number of allylic oxidation sites excluding steroid dienone is 10. The number of hydrogen-bond donors (Lipinski definition) is 0. The first-order valence-electron chi connectivity index (χ1n) is 16.6. The van der Waals surface area contributed by atoms with E-state index in [0.29, 0.717) is 0 Å². The largest absolute Gasteiger partial charge is 0.0871 e. The zero-order chi connectivity index (χ0) is 32.0. The van der Waals surface area contributed by atoms with Gasteiger partial charge in [-0.15, -0.1) is 0 Å². The van der Waals surface area contributed by atoms with Crippen molar-refractivity contribution in [1.82, 2.24) is 0 Å². The van der Waals surface area contributed by atoms with Crippen LogP contribution in [0.1, 0.15) is 46.6 Å². The maximum atomic E-state index is 2.39. The Hall–Kier alpha value is -5.20. The van der Waals surface area contributed by atoms with Gasteiger partial charge < -0.3 is 0 Å². The Morgan fingerprint density at radius 3 is 2.00 bits per heavy atom. The number of benzene rings is 6. The monoisotopic (exact) mass is 594 g/mol. The quantitative estimate of drug-likeness (QED) is 0.178. The average molecular weight is 595 g/mol. The molecule has 0 heteroatoms. The van der Waals surface area contributed by atoms with E-state index in [4.69, 9.17) is 0 Å². The minimum absolute atomic E-state index is 0.960. The summed E-state index contributed by atoms with van der Waals surface area (Å²) in [6.07, 6.45) is 14.5. The molecule has 226 valence electrons. The first-order valence-corrected chi connectivity index (χ1v) is 16.6. The third kappa shape index (κ3) is 5.92. The first-order chi connectivity index (χ1) is 22.6. The third-order valence-corrected chi connectivity index (χ3v) is 8.91. The van der Waals surface area contributed by atoms with Gasteiger partial charge >= 0.3 is 0 Å². The van der Waals surface area contributed by atoms with Crippen LogP contribution in [-0.4, -0.2) is 0 Å². The molecule has 0 bridgehead atoms. The molecule has 0 atom stereocenters. The zero-order valence-electron chi connectivity index (χ0n) is 27.6. The maximum Gasteiger partial charge on any atom is -0.00986 e. The lowest BCUT2D eigenvalue weighted by atomic mass is 9.86. The van der Waals surface area contributed by atoms with Gasteiger partial charge in [0.1, 0.15) is 0 Å². The minimum Gasteiger partial charge on any atom is -0.0871 e. The second-order valence-corrected chi connectivity index (χ2v) is 11.7. The number of rotatable bonds is 4. The summed E-state index contributed by atoms with van der Waals surface area (Å²) in [7, 11) is 0. The van der Waals surface area contributed by atoms with Crippen molar-refractivity contribution in [3.05, 3.63) is 174 Å². The molecule has 1 aliphatic rings. The smallest absolute Gasteiger partial charge is 0.00986 e. The molecule has 0 radical (unpaired) electrons. The van der Waals surface area contributed by atoms with Crippen LogP contribution in [0.25, 0.3) is 60.1 Å². The molecule has 0 spiro atoms. The van der Waals surface area contributed by atoms with Crippen LogP contribution in [0, 0.1) is 0 Å². The molecule has 0 N–H and O–H groups in total. The summed E-state index contributed by atoms with van der Waals surface area (Å²) in [5.41, 5.74) is 11.4. The summed E-state index contributed by atoms with van der Waals surface area (Å²) in [6, 6.07) is 42.5. The van der Waals surface area contributed by atoms with Gasteiger partial charge in [0, 0.05) is 0 Å². The van der Waals surface area contributed by atoms with Gasteiger partial charge in [0.05, 0.1) is 0 Å². The fourth-order valence-corrected chi connectivity index (χ4v) is 6.65. The Bertz CT molecular complexity index is 2200. The van der Waals surface area contributed by atoms with Gasteiger partial charge in [0.15, 0.2) is 0 Å². The molecule has 1 aliphatic carbocycles. The van der Waals surface area contributed by atoms with E-state index in [1.807, 2.05) is 13.8 Å². The van der Waals surface area contributed by atoms with Gasteiger partial charge in [-0.25, -0.2) is 0 Å². The molecule has 0 saturated carbocycles. The Morgan fingerprint density at radius 1 is 0.565 bits per heavy atom.